The van der Waals surface area contributed by atoms with Crippen LogP contribution in [0.4, 0.5) is 0 Å². The van der Waals surface area contributed by atoms with Crippen LogP contribution in [-0.4, -0.2) is 64.9 Å². The number of ether oxygens (including phenoxy) is 2. The highest BCUT2D eigenvalue weighted by molar-refractivity contribution is 5.80. The molecule has 6 nitrogen and oxygen atoms in total. The molecule has 0 spiro atoms. The average Bonchev–Trinajstić information content (AvgIpc) is 2.55. The molecule has 2 atom stereocenters. The quantitative estimate of drug-likeness (QED) is 0.533. The van der Waals surface area contributed by atoms with E-state index in [0.717, 1.165) is 18.3 Å². The molecule has 0 radical (unpaired) electrons. The Bertz CT molecular complexity index is 506. The van der Waals surface area contributed by atoms with E-state index in [1.54, 1.807) is 14.2 Å². The summed E-state index contributed by atoms with van der Waals surface area (Å²) in [5.74, 6) is 1.67. The maximum absolute atomic E-state index is 5.34. The molecule has 0 aromatic heterocycles. The first-order valence-electron chi connectivity index (χ1n) is 8.35. The molecule has 0 saturated heterocycles. The van der Waals surface area contributed by atoms with Gasteiger partial charge in [0.2, 0.25) is 0 Å². The number of nitrogens with one attached hydrogen (secondary N) is 2. The summed E-state index contributed by atoms with van der Waals surface area (Å²) in [5, 5.41) is 6.64. The van der Waals surface area contributed by atoms with E-state index in [1.807, 2.05) is 12.1 Å². The molecule has 0 heterocycles. The van der Waals surface area contributed by atoms with Gasteiger partial charge in [-0.2, -0.15) is 0 Å². The van der Waals surface area contributed by atoms with Crippen LogP contribution in [0.25, 0.3) is 0 Å². The van der Waals surface area contributed by atoms with Crippen LogP contribution in [0.1, 0.15) is 25.5 Å². The van der Waals surface area contributed by atoms with Crippen molar-refractivity contribution in [2.75, 3.05) is 48.0 Å². The summed E-state index contributed by atoms with van der Waals surface area (Å²) in [5.41, 5.74) is 1.18. The number of rotatable bonds is 9. The summed E-state index contributed by atoms with van der Waals surface area (Å²) in [6, 6.07) is 8.51. The summed E-state index contributed by atoms with van der Waals surface area (Å²) in [4.78, 5) is 6.91. The van der Waals surface area contributed by atoms with Crippen LogP contribution in [0.3, 0.4) is 0 Å². The average molecular weight is 336 g/mol. The number of likely N-dealkylation sites (N-methyl/N-ethyl adjacent to an activating group) is 1. The van der Waals surface area contributed by atoms with Crippen molar-refractivity contribution in [3.8, 4) is 5.75 Å². The number of nitrogens with zero attached hydrogens (tertiary/aromatic N) is 2. The number of aliphatic imine (C=N–C) groups is 1. The number of hydrogen-bond acceptors (Lipinski definition) is 4. The minimum atomic E-state index is 0.174. The fraction of sp³-hybridized carbons (Fsp3) is 0.611. The van der Waals surface area contributed by atoms with Gasteiger partial charge in [-0.1, -0.05) is 12.1 Å². The van der Waals surface area contributed by atoms with Crippen molar-refractivity contribution < 1.29 is 9.47 Å². The van der Waals surface area contributed by atoms with Gasteiger partial charge in [0.1, 0.15) is 5.75 Å². The van der Waals surface area contributed by atoms with Crippen LogP contribution in [0, 0.1) is 0 Å². The van der Waals surface area contributed by atoms with Gasteiger partial charge in [-0.25, -0.2) is 0 Å². The molecule has 24 heavy (non-hydrogen) atoms. The molecule has 136 valence electrons. The summed E-state index contributed by atoms with van der Waals surface area (Å²) in [7, 11) is 7.51. The fourth-order valence-electron chi connectivity index (χ4n) is 2.44. The van der Waals surface area contributed by atoms with Crippen LogP contribution in [0.15, 0.2) is 29.3 Å². The first kappa shape index (κ1) is 20.3. The van der Waals surface area contributed by atoms with Crippen molar-refractivity contribution in [1.29, 1.82) is 0 Å². The molecular weight excluding hydrogens is 304 g/mol. The molecule has 0 bridgehead atoms. The van der Waals surface area contributed by atoms with Gasteiger partial charge >= 0.3 is 0 Å². The Kier molecular flexibility index (Phi) is 9.19. The van der Waals surface area contributed by atoms with Gasteiger partial charge in [-0.3, -0.25) is 4.99 Å². The molecule has 0 fully saturated rings. The zero-order valence-corrected chi connectivity index (χ0v) is 15.8. The maximum Gasteiger partial charge on any atom is 0.191 e. The number of hydrogen-bond donors (Lipinski definition) is 2. The molecule has 6 heteroatoms. The van der Waals surface area contributed by atoms with Crippen molar-refractivity contribution in [3.05, 3.63) is 29.8 Å². The Morgan fingerprint density at radius 2 is 2.04 bits per heavy atom. The Morgan fingerprint density at radius 3 is 2.62 bits per heavy atom. The van der Waals surface area contributed by atoms with Gasteiger partial charge in [0.25, 0.3) is 0 Å². The second kappa shape index (κ2) is 10.9. The first-order chi connectivity index (χ1) is 11.5. The predicted octanol–water partition coefficient (Wildman–Crippen LogP) is 1.89. The Morgan fingerprint density at radius 1 is 1.29 bits per heavy atom. The third-order valence-corrected chi connectivity index (χ3v) is 3.67. The minimum absolute atomic E-state index is 0.174. The van der Waals surface area contributed by atoms with Gasteiger partial charge in [-0.05, 0) is 45.6 Å². The van der Waals surface area contributed by atoms with Crippen molar-refractivity contribution in [2.24, 2.45) is 4.99 Å². The summed E-state index contributed by atoms with van der Waals surface area (Å²) < 4.78 is 10.5. The normalized spacial score (nSPS) is 14.4. The van der Waals surface area contributed by atoms with Crippen LogP contribution >= 0.6 is 0 Å². The van der Waals surface area contributed by atoms with E-state index in [4.69, 9.17) is 14.5 Å². The lowest BCUT2D eigenvalue weighted by Gasteiger charge is -2.24. The molecule has 0 saturated carbocycles. The smallest absolute Gasteiger partial charge is 0.191 e. The molecule has 0 aliphatic heterocycles. The van der Waals surface area contributed by atoms with Gasteiger partial charge < -0.3 is 25.0 Å². The van der Waals surface area contributed by atoms with E-state index in [2.05, 4.69) is 55.6 Å². The first-order valence-corrected chi connectivity index (χ1v) is 8.35. The summed E-state index contributed by atoms with van der Waals surface area (Å²) in [6.07, 6.45) is 0. The van der Waals surface area contributed by atoms with Gasteiger partial charge in [0.05, 0.1) is 26.3 Å². The van der Waals surface area contributed by atoms with E-state index < -0.39 is 0 Å². The molecule has 1 rings (SSSR count). The van der Waals surface area contributed by atoms with Crippen molar-refractivity contribution >= 4 is 5.96 Å². The molecule has 1 aromatic rings. The van der Waals surface area contributed by atoms with E-state index in [-0.39, 0.29) is 12.1 Å². The molecular formula is C18H32N4O2. The van der Waals surface area contributed by atoms with E-state index in [0.29, 0.717) is 13.2 Å². The molecule has 2 unspecified atom stereocenters. The van der Waals surface area contributed by atoms with Gasteiger partial charge in [0.15, 0.2) is 5.96 Å². The van der Waals surface area contributed by atoms with Crippen LogP contribution in [0.2, 0.25) is 0 Å². The Hall–Kier alpha value is -1.79. The largest absolute Gasteiger partial charge is 0.497 e. The molecule has 1 aromatic carbocycles. The highest BCUT2D eigenvalue weighted by atomic mass is 16.5. The zero-order valence-electron chi connectivity index (χ0n) is 15.8. The fourth-order valence-corrected chi connectivity index (χ4v) is 2.44. The number of benzene rings is 1. The number of guanidine groups is 1. The minimum Gasteiger partial charge on any atom is -0.497 e. The molecule has 0 amide bonds. The van der Waals surface area contributed by atoms with E-state index >= 15 is 0 Å². The SMILES string of the molecule is CCNC(=NCC(c1cccc(OC)c1)N(C)C)NC(C)COC. The summed E-state index contributed by atoms with van der Waals surface area (Å²) >= 11 is 0. The van der Waals surface area contributed by atoms with Crippen LogP contribution < -0.4 is 15.4 Å². The number of methoxy groups -OCH3 is 2. The van der Waals surface area contributed by atoms with Gasteiger partial charge in [0, 0.05) is 19.7 Å². The third kappa shape index (κ3) is 6.76. The monoisotopic (exact) mass is 336 g/mol. The predicted molar refractivity (Wildman–Crippen MR) is 99.9 cm³/mol. The van der Waals surface area contributed by atoms with Crippen molar-refractivity contribution in [3.63, 3.8) is 0 Å². The van der Waals surface area contributed by atoms with E-state index in [9.17, 15) is 0 Å². The van der Waals surface area contributed by atoms with Crippen LogP contribution in [-0.2, 0) is 4.74 Å². The van der Waals surface area contributed by atoms with E-state index in [1.165, 1.54) is 5.56 Å². The molecule has 0 aliphatic rings. The zero-order chi connectivity index (χ0) is 17.9. The standard InChI is InChI=1S/C18H32N4O2/c1-7-19-18(21-14(2)13-23-5)20-12-17(22(3)4)15-9-8-10-16(11-15)24-6/h8-11,14,17H,7,12-13H2,1-6H3,(H2,19,20,21). The Labute approximate surface area is 146 Å². The lowest BCUT2D eigenvalue weighted by molar-refractivity contribution is 0.179. The lowest BCUT2D eigenvalue weighted by atomic mass is 10.1. The second-order valence-corrected chi connectivity index (χ2v) is 5.98. The highest BCUT2D eigenvalue weighted by Crippen LogP contribution is 2.22. The molecule has 2 N–H and O–H groups in total. The molecule has 0 aliphatic carbocycles. The van der Waals surface area contributed by atoms with Crippen LogP contribution in [0.5, 0.6) is 5.75 Å². The maximum atomic E-state index is 5.34. The highest BCUT2D eigenvalue weighted by Gasteiger charge is 2.15. The third-order valence-electron chi connectivity index (χ3n) is 3.67. The topological polar surface area (TPSA) is 58.1 Å². The summed E-state index contributed by atoms with van der Waals surface area (Å²) in [6.45, 7) is 6.23. The van der Waals surface area contributed by atoms with Gasteiger partial charge in [-0.15, -0.1) is 0 Å². The lowest BCUT2D eigenvalue weighted by Crippen LogP contribution is -2.44. The van der Waals surface area contributed by atoms with Crippen molar-refractivity contribution in [1.82, 2.24) is 15.5 Å². The van der Waals surface area contributed by atoms with Crippen molar-refractivity contribution in [2.45, 2.75) is 25.9 Å². The Balaban J connectivity index is 2.87. The second-order valence-electron chi connectivity index (χ2n) is 5.98.